The molecule has 7 N–H and O–H groups in total. The van der Waals surface area contributed by atoms with Crippen LogP contribution in [0.3, 0.4) is 0 Å². The molecule has 0 aliphatic heterocycles. The second kappa shape index (κ2) is 14.2. The highest BCUT2D eigenvalue weighted by Crippen LogP contribution is 2.08. The van der Waals surface area contributed by atoms with Crippen molar-refractivity contribution in [3.8, 4) is 0 Å². The van der Waals surface area contributed by atoms with E-state index in [2.05, 4.69) is 16.0 Å². The van der Waals surface area contributed by atoms with E-state index >= 15 is 0 Å². The topological polar surface area (TPSA) is 173 Å². The average Bonchev–Trinajstić information content (AvgIpc) is 2.86. The highest BCUT2D eigenvalue weighted by molar-refractivity contribution is 5.99. The van der Waals surface area contributed by atoms with Gasteiger partial charge in [-0.1, -0.05) is 68.3 Å². The van der Waals surface area contributed by atoms with Gasteiger partial charge < -0.3 is 27.4 Å². The van der Waals surface area contributed by atoms with Gasteiger partial charge in [-0.25, -0.2) is 0 Å². The first-order valence-corrected chi connectivity index (χ1v) is 11.8. The Morgan fingerprint density at radius 3 is 1.86 bits per heavy atom. The highest BCUT2D eigenvalue weighted by Gasteiger charge is 2.29. The van der Waals surface area contributed by atoms with E-state index in [0.717, 1.165) is 12.0 Å². The fraction of sp³-hybridized carbons (Fsp3) is 0.346. The number of nitrogens with two attached hydrogens (primary N) is 2. The molecule has 2 aromatic carbocycles. The summed E-state index contributed by atoms with van der Waals surface area (Å²) < 4.78 is 0. The van der Waals surface area contributed by atoms with Crippen LogP contribution in [0.25, 0.3) is 0 Å². The second-order valence-corrected chi connectivity index (χ2v) is 8.42. The number of hydrogen-bond acceptors (Lipinski definition) is 5. The van der Waals surface area contributed by atoms with E-state index in [-0.39, 0.29) is 12.8 Å². The molecule has 10 heteroatoms. The number of benzene rings is 2. The van der Waals surface area contributed by atoms with E-state index in [4.69, 9.17) is 11.5 Å². The number of primary amides is 2. The van der Waals surface area contributed by atoms with E-state index in [1.54, 1.807) is 30.3 Å². The Bertz CT molecular complexity index is 1050. The van der Waals surface area contributed by atoms with E-state index in [0.29, 0.717) is 12.0 Å². The molecule has 0 radical (unpaired) electrons. The number of nitrogens with one attached hydrogen (secondary N) is 3. The van der Waals surface area contributed by atoms with E-state index < -0.39 is 54.1 Å². The third-order valence-electron chi connectivity index (χ3n) is 5.49. The maximum absolute atomic E-state index is 13.3. The van der Waals surface area contributed by atoms with Crippen LogP contribution in [-0.2, 0) is 25.6 Å². The van der Waals surface area contributed by atoms with Gasteiger partial charge in [-0.05, 0) is 24.1 Å². The number of unbranched alkanes of at least 4 members (excludes halogenated alkanes) is 1. The molecule has 0 aromatic heterocycles. The van der Waals surface area contributed by atoms with Gasteiger partial charge in [0.1, 0.15) is 18.1 Å². The molecule has 0 fully saturated rings. The quantitative estimate of drug-likeness (QED) is 0.257. The number of hydrogen-bond donors (Lipinski definition) is 5. The third-order valence-corrected chi connectivity index (χ3v) is 5.49. The molecule has 0 saturated heterocycles. The third kappa shape index (κ3) is 9.21. The molecule has 0 heterocycles. The number of rotatable bonds is 14. The van der Waals surface area contributed by atoms with Crippen LogP contribution < -0.4 is 27.4 Å². The Hall–Kier alpha value is -4.21. The standard InChI is InChI=1S/C26H33N5O5/c1-2-3-14-19(25(35)30-20(23(28)33)16-22(27)32)29-26(36)21(15-17-10-6-4-7-11-17)31-24(34)18-12-8-5-9-13-18/h4-13,19-21H,2-3,14-16H2,1H3,(H2,27,32)(H2,28,33)(H,29,36)(H,30,35)(H,31,34)/t19-,20-,21-/m0/s1. The predicted molar refractivity (Wildman–Crippen MR) is 134 cm³/mol. The van der Waals surface area contributed by atoms with Crippen molar-refractivity contribution in [1.29, 1.82) is 0 Å². The van der Waals surface area contributed by atoms with Gasteiger partial charge in [0, 0.05) is 12.0 Å². The molecule has 10 nitrogen and oxygen atoms in total. The molecule has 192 valence electrons. The van der Waals surface area contributed by atoms with Crippen molar-refractivity contribution in [3.05, 3.63) is 71.8 Å². The van der Waals surface area contributed by atoms with Crippen LogP contribution in [0.2, 0.25) is 0 Å². The summed E-state index contributed by atoms with van der Waals surface area (Å²) in [7, 11) is 0. The van der Waals surface area contributed by atoms with Crippen molar-refractivity contribution in [1.82, 2.24) is 16.0 Å². The summed E-state index contributed by atoms with van der Waals surface area (Å²) in [5.74, 6) is -3.39. The number of amides is 5. The molecule has 0 aliphatic carbocycles. The monoisotopic (exact) mass is 495 g/mol. The molecule has 0 bridgehead atoms. The highest BCUT2D eigenvalue weighted by atomic mass is 16.2. The van der Waals surface area contributed by atoms with Crippen molar-refractivity contribution >= 4 is 29.5 Å². The van der Waals surface area contributed by atoms with Crippen molar-refractivity contribution in [2.75, 3.05) is 0 Å². The van der Waals surface area contributed by atoms with Crippen LogP contribution in [-0.4, -0.2) is 47.7 Å². The molecule has 0 spiro atoms. The van der Waals surface area contributed by atoms with Crippen molar-refractivity contribution in [3.63, 3.8) is 0 Å². The van der Waals surface area contributed by atoms with Crippen molar-refractivity contribution < 1.29 is 24.0 Å². The van der Waals surface area contributed by atoms with Crippen LogP contribution >= 0.6 is 0 Å². The predicted octanol–water partition coefficient (Wildman–Crippen LogP) is 0.548. The lowest BCUT2D eigenvalue weighted by atomic mass is 10.0. The minimum absolute atomic E-state index is 0.193. The van der Waals surface area contributed by atoms with Crippen LogP contribution in [0.4, 0.5) is 0 Å². The minimum Gasteiger partial charge on any atom is -0.370 e. The van der Waals surface area contributed by atoms with Gasteiger partial charge in [0.2, 0.25) is 23.6 Å². The van der Waals surface area contributed by atoms with Gasteiger partial charge in [0.25, 0.3) is 5.91 Å². The van der Waals surface area contributed by atoms with Crippen LogP contribution in [0.5, 0.6) is 0 Å². The first-order chi connectivity index (χ1) is 17.2. The van der Waals surface area contributed by atoms with Gasteiger partial charge in [0.05, 0.1) is 6.42 Å². The Kier molecular flexibility index (Phi) is 11.1. The second-order valence-electron chi connectivity index (χ2n) is 8.42. The zero-order valence-electron chi connectivity index (χ0n) is 20.2. The molecule has 5 amide bonds. The molecular formula is C26H33N5O5. The van der Waals surface area contributed by atoms with E-state index in [9.17, 15) is 24.0 Å². The Morgan fingerprint density at radius 2 is 1.31 bits per heavy atom. The Morgan fingerprint density at radius 1 is 0.750 bits per heavy atom. The Labute approximate surface area is 210 Å². The van der Waals surface area contributed by atoms with Crippen molar-refractivity contribution in [2.24, 2.45) is 11.5 Å². The maximum atomic E-state index is 13.3. The molecule has 0 saturated carbocycles. The molecule has 0 aliphatic rings. The van der Waals surface area contributed by atoms with E-state index in [1.165, 1.54) is 0 Å². The fourth-order valence-corrected chi connectivity index (χ4v) is 3.54. The number of carbonyl (C=O) groups is 5. The molecule has 0 unspecified atom stereocenters. The smallest absolute Gasteiger partial charge is 0.251 e. The summed E-state index contributed by atoms with van der Waals surface area (Å²) in [5.41, 5.74) is 11.6. The van der Waals surface area contributed by atoms with Gasteiger partial charge >= 0.3 is 0 Å². The molecular weight excluding hydrogens is 462 g/mol. The lowest BCUT2D eigenvalue weighted by molar-refractivity contribution is -0.133. The summed E-state index contributed by atoms with van der Waals surface area (Å²) in [6.45, 7) is 1.92. The van der Waals surface area contributed by atoms with E-state index in [1.807, 2.05) is 37.3 Å². The zero-order chi connectivity index (χ0) is 26.5. The first kappa shape index (κ1) is 28.0. The zero-order valence-corrected chi connectivity index (χ0v) is 20.2. The Balaban J connectivity index is 2.22. The molecule has 2 aromatic rings. The molecule has 36 heavy (non-hydrogen) atoms. The molecule has 2 rings (SSSR count). The average molecular weight is 496 g/mol. The SMILES string of the molecule is CCCC[C@H](NC(=O)[C@H](Cc1ccccc1)NC(=O)c1ccccc1)C(=O)N[C@@H](CC(N)=O)C(N)=O. The maximum Gasteiger partial charge on any atom is 0.251 e. The largest absolute Gasteiger partial charge is 0.370 e. The summed E-state index contributed by atoms with van der Waals surface area (Å²) >= 11 is 0. The van der Waals surface area contributed by atoms with Gasteiger partial charge in [-0.15, -0.1) is 0 Å². The lowest BCUT2D eigenvalue weighted by Crippen LogP contribution is -2.57. The van der Waals surface area contributed by atoms with Gasteiger partial charge in [0.15, 0.2) is 0 Å². The minimum atomic E-state index is -1.30. The summed E-state index contributed by atoms with van der Waals surface area (Å²) in [6, 6.07) is 14.3. The van der Waals surface area contributed by atoms with Crippen LogP contribution in [0.15, 0.2) is 60.7 Å². The molecule has 3 atom stereocenters. The van der Waals surface area contributed by atoms with Gasteiger partial charge in [-0.2, -0.15) is 0 Å². The normalized spacial score (nSPS) is 13.0. The lowest BCUT2D eigenvalue weighted by Gasteiger charge is -2.24. The van der Waals surface area contributed by atoms with Crippen molar-refractivity contribution in [2.45, 2.75) is 57.2 Å². The van der Waals surface area contributed by atoms with Crippen LogP contribution in [0.1, 0.15) is 48.5 Å². The number of carbonyl (C=O) groups excluding carboxylic acids is 5. The summed E-state index contributed by atoms with van der Waals surface area (Å²) in [5, 5.41) is 7.84. The first-order valence-electron chi connectivity index (χ1n) is 11.8. The summed E-state index contributed by atoms with van der Waals surface area (Å²) in [6.07, 6.45) is 1.37. The summed E-state index contributed by atoms with van der Waals surface area (Å²) in [4.78, 5) is 62.0. The van der Waals surface area contributed by atoms with Crippen LogP contribution in [0, 0.1) is 0 Å². The van der Waals surface area contributed by atoms with Gasteiger partial charge in [-0.3, -0.25) is 24.0 Å². The fourth-order valence-electron chi connectivity index (χ4n) is 3.54.